The van der Waals surface area contributed by atoms with Crippen molar-refractivity contribution in [2.24, 2.45) is 0 Å². The van der Waals surface area contributed by atoms with Crippen LogP contribution < -0.4 is 4.90 Å². The lowest BCUT2D eigenvalue weighted by Gasteiger charge is -2.36. The van der Waals surface area contributed by atoms with Gasteiger partial charge in [0.1, 0.15) is 5.82 Å². The monoisotopic (exact) mass is 420 g/mol. The van der Waals surface area contributed by atoms with Crippen molar-refractivity contribution in [2.45, 2.75) is 19.6 Å². The Balaban J connectivity index is 1.34. The molecule has 31 heavy (non-hydrogen) atoms. The number of para-hydroxylation sites is 1. The van der Waals surface area contributed by atoms with E-state index in [0.29, 0.717) is 38.5 Å². The van der Waals surface area contributed by atoms with Crippen LogP contribution in [0.4, 0.5) is 10.1 Å². The molecule has 0 N–H and O–H groups in total. The number of hydrogen-bond acceptors (Lipinski definition) is 4. The second kappa shape index (κ2) is 8.51. The van der Waals surface area contributed by atoms with Gasteiger partial charge in [0.05, 0.1) is 19.8 Å². The second-order valence-corrected chi connectivity index (χ2v) is 7.98. The molecule has 0 radical (unpaired) electrons. The van der Waals surface area contributed by atoms with Gasteiger partial charge in [-0.05, 0) is 29.8 Å². The van der Waals surface area contributed by atoms with Gasteiger partial charge in [0.25, 0.3) is 5.91 Å². The minimum atomic E-state index is -0.259. The Hall–Kier alpha value is -3.19. The second-order valence-electron chi connectivity index (χ2n) is 7.98. The summed E-state index contributed by atoms with van der Waals surface area (Å²) in [4.78, 5) is 17.5. The molecule has 2 aromatic carbocycles. The van der Waals surface area contributed by atoms with Gasteiger partial charge in [0, 0.05) is 49.5 Å². The van der Waals surface area contributed by atoms with E-state index in [2.05, 4.69) is 17.0 Å². The van der Waals surface area contributed by atoms with Crippen molar-refractivity contribution in [2.75, 3.05) is 37.7 Å². The first-order valence-electron chi connectivity index (χ1n) is 10.7. The summed E-state index contributed by atoms with van der Waals surface area (Å²) in [5.74, 6) is -0.294. The van der Waals surface area contributed by atoms with E-state index >= 15 is 0 Å². The summed E-state index contributed by atoms with van der Waals surface area (Å²) in [7, 11) is 0. The summed E-state index contributed by atoms with van der Waals surface area (Å²) in [6.07, 6.45) is 0.721. The van der Waals surface area contributed by atoms with Crippen molar-refractivity contribution in [1.29, 1.82) is 0 Å². The molecule has 0 bridgehead atoms. The van der Waals surface area contributed by atoms with Crippen molar-refractivity contribution >= 4 is 11.6 Å². The average Bonchev–Trinajstić information content (AvgIpc) is 3.19. The maximum atomic E-state index is 13.4. The van der Waals surface area contributed by atoms with E-state index in [1.807, 2.05) is 27.8 Å². The van der Waals surface area contributed by atoms with E-state index in [9.17, 15) is 9.18 Å². The fraction of sp³-hybridized carbons (Fsp3) is 0.333. The molecule has 1 saturated heterocycles. The lowest BCUT2D eigenvalue weighted by molar-refractivity contribution is 0.0727. The Morgan fingerprint density at radius 3 is 2.48 bits per heavy atom. The van der Waals surface area contributed by atoms with Gasteiger partial charge in [0.15, 0.2) is 5.69 Å². The number of aromatic nitrogens is 2. The predicted molar refractivity (Wildman–Crippen MR) is 116 cm³/mol. The molecule has 1 aromatic heterocycles. The molecule has 5 rings (SSSR count). The van der Waals surface area contributed by atoms with Gasteiger partial charge in [0.2, 0.25) is 0 Å². The largest absolute Gasteiger partial charge is 0.376 e. The molecule has 3 aromatic rings. The van der Waals surface area contributed by atoms with E-state index in [4.69, 9.17) is 9.84 Å². The highest BCUT2D eigenvalue weighted by Crippen LogP contribution is 2.24. The standard InChI is InChI=1S/C24H25FN4O2/c25-19-8-6-18(7-9-19)16-29-22-10-15-31-17-21(22)23(26-29)24(30)28-13-11-27(12-14-28)20-4-2-1-3-5-20/h1-9H,10-17H2. The molecule has 0 spiro atoms. The summed E-state index contributed by atoms with van der Waals surface area (Å²) in [5, 5.41) is 4.70. The molecule has 2 aliphatic rings. The van der Waals surface area contributed by atoms with Gasteiger partial charge >= 0.3 is 0 Å². The molecular weight excluding hydrogens is 395 g/mol. The first-order valence-corrected chi connectivity index (χ1v) is 10.7. The number of fused-ring (bicyclic) bond motifs is 1. The number of anilines is 1. The van der Waals surface area contributed by atoms with Gasteiger partial charge in [-0.25, -0.2) is 4.39 Å². The van der Waals surface area contributed by atoms with Crippen LogP contribution in [0, 0.1) is 5.82 Å². The number of carbonyl (C=O) groups is 1. The Morgan fingerprint density at radius 1 is 1.00 bits per heavy atom. The first kappa shape index (κ1) is 19.8. The number of benzene rings is 2. The Labute approximate surface area is 180 Å². The van der Waals surface area contributed by atoms with Gasteiger partial charge in [-0.1, -0.05) is 30.3 Å². The Kier molecular flexibility index (Phi) is 5.42. The van der Waals surface area contributed by atoms with Gasteiger partial charge in [-0.2, -0.15) is 5.10 Å². The predicted octanol–water partition coefficient (Wildman–Crippen LogP) is 3.11. The molecule has 160 valence electrons. The molecule has 3 heterocycles. The lowest BCUT2D eigenvalue weighted by Crippen LogP contribution is -2.49. The van der Waals surface area contributed by atoms with Crippen LogP contribution in [0.25, 0.3) is 0 Å². The SMILES string of the molecule is O=C(c1nn(Cc2ccc(F)cc2)c2c1COCC2)N1CCN(c2ccccc2)CC1. The molecule has 7 heteroatoms. The Morgan fingerprint density at radius 2 is 1.74 bits per heavy atom. The third-order valence-electron chi connectivity index (χ3n) is 6.03. The van der Waals surface area contributed by atoms with Crippen LogP contribution >= 0.6 is 0 Å². The lowest BCUT2D eigenvalue weighted by atomic mass is 10.1. The van der Waals surface area contributed by atoms with E-state index in [0.717, 1.165) is 36.3 Å². The summed E-state index contributed by atoms with van der Waals surface area (Å²) >= 11 is 0. The van der Waals surface area contributed by atoms with Crippen LogP contribution in [0.3, 0.4) is 0 Å². The third-order valence-corrected chi connectivity index (χ3v) is 6.03. The smallest absolute Gasteiger partial charge is 0.274 e. The minimum Gasteiger partial charge on any atom is -0.376 e. The first-order chi connectivity index (χ1) is 15.2. The summed E-state index contributed by atoms with van der Waals surface area (Å²) in [6.45, 7) is 4.45. The van der Waals surface area contributed by atoms with Gasteiger partial charge in [-0.15, -0.1) is 0 Å². The van der Waals surface area contributed by atoms with Crippen molar-refractivity contribution < 1.29 is 13.9 Å². The van der Waals surface area contributed by atoms with Crippen molar-refractivity contribution in [3.05, 3.63) is 82.9 Å². The number of amides is 1. The summed E-state index contributed by atoms with van der Waals surface area (Å²) in [5.41, 5.74) is 4.56. The maximum absolute atomic E-state index is 13.4. The molecule has 6 nitrogen and oxygen atoms in total. The third kappa shape index (κ3) is 4.05. The van der Waals surface area contributed by atoms with Crippen LogP contribution in [-0.4, -0.2) is 53.4 Å². The number of rotatable bonds is 4. The van der Waals surface area contributed by atoms with Crippen molar-refractivity contribution in [3.8, 4) is 0 Å². The topological polar surface area (TPSA) is 50.6 Å². The molecule has 0 unspecified atom stereocenters. The number of nitrogens with zero attached hydrogens (tertiary/aromatic N) is 4. The van der Waals surface area contributed by atoms with E-state index in [1.54, 1.807) is 12.1 Å². The highest BCUT2D eigenvalue weighted by atomic mass is 19.1. The van der Waals surface area contributed by atoms with Crippen molar-refractivity contribution in [3.63, 3.8) is 0 Å². The molecule has 0 saturated carbocycles. The molecule has 1 fully saturated rings. The van der Waals surface area contributed by atoms with Crippen LogP contribution in [0.1, 0.15) is 27.3 Å². The zero-order valence-electron chi connectivity index (χ0n) is 17.3. The van der Waals surface area contributed by atoms with E-state index in [1.165, 1.54) is 17.8 Å². The zero-order valence-corrected chi connectivity index (χ0v) is 17.3. The quantitative estimate of drug-likeness (QED) is 0.651. The fourth-order valence-electron chi connectivity index (χ4n) is 4.33. The number of halogens is 1. The normalized spacial score (nSPS) is 16.3. The van der Waals surface area contributed by atoms with Crippen molar-refractivity contribution in [1.82, 2.24) is 14.7 Å². The van der Waals surface area contributed by atoms with Crippen LogP contribution in [0.2, 0.25) is 0 Å². The molecule has 0 atom stereocenters. The average molecular weight is 420 g/mol. The number of ether oxygens (including phenoxy) is 1. The van der Waals surface area contributed by atoms with Gasteiger partial charge in [-0.3, -0.25) is 9.48 Å². The zero-order chi connectivity index (χ0) is 21.2. The fourth-order valence-corrected chi connectivity index (χ4v) is 4.33. The molecule has 1 amide bonds. The van der Waals surface area contributed by atoms with Crippen LogP contribution in [0.15, 0.2) is 54.6 Å². The number of piperazine rings is 1. The highest BCUT2D eigenvalue weighted by Gasteiger charge is 2.30. The molecular formula is C24H25FN4O2. The summed E-state index contributed by atoms with van der Waals surface area (Å²) < 4.78 is 20.8. The molecule has 0 aliphatic carbocycles. The van der Waals surface area contributed by atoms with E-state index in [-0.39, 0.29) is 11.7 Å². The summed E-state index contributed by atoms with van der Waals surface area (Å²) in [6, 6.07) is 16.7. The van der Waals surface area contributed by atoms with E-state index < -0.39 is 0 Å². The minimum absolute atomic E-state index is 0.0349. The van der Waals surface area contributed by atoms with Crippen LogP contribution in [0.5, 0.6) is 0 Å². The van der Waals surface area contributed by atoms with Crippen LogP contribution in [-0.2, 0) is 24.3 Å². The molecule has 2 aliphatic heterocycles. The van der Waals surface area contributed by atoms with Gasteiger partial charge < -0.3 is 14.5 Å². The Bertz CT molecular complexity index is 1060. The maximum Gasteiger partial charge on any atom is 0.274 e. The number of carbonyl (C=O) groups excluding carboxylic acids is 1. The highest BCUT2D eigenvalue weighted by molar-refractivity contribution is 5.94. The number of hydrogen-bond donors (Lipinski definition) is 0.